The van der Waals surface area contributed by atoms with E-state index in [1.54, 1.807) is 0 Å². The molecule has 3 aliphatic carbocycles. The molecule has 3 aliphatic rings. The molecule has 15 nitrogen and oxygen atoms in total. The van der Waals surface area contributed by atoms with Crippen LogP contribution in [0.5, 0.6) is 5.75 Å². The van der Waals surface area contributed by atoms with Gasteiger partial charge in [0.25, 0.3) is 5.91 Å². The summed E-state index contributed by atoms with van der Waals surface area (Å²) in [7, 11) is 2.99. The van der Waals surface area contributed by atoms with Crippen LogP contribution in [0.4, 0.5) is 10.5 Å². The van der Waals surface area contributed by atoms with Crippen LogP contribution >= 0.6 is 0 Å². The fourth-order valence-electron chi connectivity index (χ4n) is 6.60. The molecule has 1 aromatic carbocycles. The predicted octanol–water partition coefficient (Wildman–Crippen LogP) is 0.552. The molecule has 5 atom stereocenters. The number of carbonyl (C=O) groups is 5. The van der Waals surface area contributed by atoms with Gasteiger partial charge in [-0.15, -0.1) is 0 Å². The number of aliphatic hydroxyl groups excluding tert-OH is 2. The van der Waals surface area contributed by atoms with E-state index in [1.807, 2.05) is 0 Å². The van der Waals surface area contributed by atoms with Gasteiger partial charge in [-0.1, -0.05) is 12.5 Å². The number of amides is 3. The number of anilines is 1. The molecule has 1 aromatic rings. The number of likely N-dealkylation sites (N-methyl/N-ethyl adjacent to an activating group) is 1. The normalized spacial score (nSPS) is 27.9. The van der Waals surface area contributed by atoms with Gasteiger partial charge in [0, 0.05) is 30.4 Å². The first kappa shape index (κ1) is 32.4. The number of nitrogens with one attached hydrogen (secondary N) is 2. The van der Waals surface area contributed by atoms with Gasteiger partial charge >= 0.3 is 12.0 Å². The average molecular weight is 617 g/mol. The third-order valence-electron chi connectivity index (χ3n) is 8.76. The molecule has 0 bridgehead atoms. The van der Waals surface area contributed by atoms with Crippen molar-refractivity contribution in [3.05, 3.63) is 45.9 Å². The highest BCUT2D eigenvalue weighted by molar-refractivity contribution is 6.25. The summed E-state index contributed by atoms with van der Waals surface area (Å²) >= 11 is 0. The zero-order valence-corrected chi connectivity index (χ0v) is 24.4. The lowest BCUT2D eigenvalue weighted by Crippen LogP contribution is -2.65. The Morgan fingerprint density at radius 2 is 1.73 bits per heavy atom. The molecule has 0 saturated heterocycles. The minimum absolute atomic E-state index is 0.00771. The summed E-state index contributed by atoms with van der Waals surface area (Å²) in [6.07, 6.45) is 1.19. The first-order chi connectivity index (χ1) is 20.5. The highest BCUT2D eigenvalue weighted by atomic mass is 16.4. The molecule has 10 N–H and O–H groups in total. The number of benzene rings is 1. The summed E-state index contributed by atoms with van der Waals surface area (Å²) in [5.74, 6) is -9.87. The molecule has 0 radical (unpaired) electrons. The van der Waals surface area contributed by atoms with Crippen LogP contribution in [0.15, 0.2) is 34.8 Å². The van der Waals surface area contributed by atoms with E-state index >= 15 is 0 Å². The number of urea groups is 1. The van der Waals surface area contributed by atoms with E-state index in [0.29, 0.717) is 19.3 Å². The molecule has 0 fully saturated rings. The number of aliphatic carboxylic acids is 1. The number of ketones is 2. The summed E-state index contributed by atoms with van der Waals surface area (Å²) < 4.78 is 0. The number of carboxylic acids is 1. The van der Waals surface area contributed by atoms with E-state index in [2.05, 4.69) is 10.6 Å². The largest absolute Gasteiger partial charge is 0.510 e. The minimum atomic E-state index is -2.88. The van der Waals surface area contributed by atoms with Gasteiger partial charge in [-0.2, -0.15) is 0 Å². The van der Waals surface area contributed by atoms with Crippen LogP contribution in [-0.4, -0.2) is 97.3 Å². The number of aliphatic hydroxyl groups is 4. The number of phenols is 1. The topological polar surface area (TPSA) is 260 Å². The van der Waals surface area contributed by atoms with Crippen molar-refractivity contribution >= 4 is 35.2 Å². The van der Waals surface area contributed by atoms with Gasteiger partial charge in [-0.3, -0.25) is 24.1 Å². The van der Waals surface area contributed by atoms with Gasteiger partial charge in [-0.25, -0.2) is 4.79 Å². The lowest BCUT2D eigenvalue weighted by Gasteiger charge is -2.52. The zero-order valence-electron chi connectivity index (χ0n) is 24.4. The van der Waals surface area contributed by atoms with Gasteiger partial charge in [0.15, 0.2) is 17.1 Å². The third-order valence-corrected chi connectivity index (χ3v) is 8.76. The Bertz CT molecular complexity index is 1510. The lowest BCUT2D eigenvalue weighted by atomic mass is 9.55. The number of hydrogen-bond acceptors (Lipinski definition) is 11. The molecular formula is C29H36N4O11. The van der Waals surface area contributed by atoms with Crippen LogP contribution in [0, 0.1) is 11.8 Å². The number of rotatable bonds is 9. The maximum Gasteiger partial charge on any atom is 0.319 e. The zero-order chi connectivity index (χ0) is 32.9. The van der Waals surface area contributed by atoms with E-state index in [1.165, 1.54) is 38.1 Å². The number of nitrogens with two attached hydrogens (primary N) is 1. The Morgan fingerprint density at radius 1 is 1.07 bits per heavy atom. The van der Waals surface area contributed by atoms with Crippen molar-refractivity contribution in [2.45, 2.75) is 56.3 Å². The average Bonchev–Trinajstić information content (AvgIpc) is 2.91. The SMILES string of the molecule is CN(C)[C@@H]1C(O)=C(C(N)=O)C(=O)[C@@]2(O)C(O)=C3C(=O)c4c(ccc(NC(=O)NCCCCCC(=O)O)c4O)[C@@](C)(O)[C@H]3C[C@@H]12. The van der Waals surface area contributed by atoms with Crippen LogP contribution in [0.25, 0.3) is 0 Å². The van der Waals surface area contributed by atoms with Gasteiger partial charge in [0.05, 0.1) is 22.9 Å². The second-order valence-corrected chi connectivity index (χ2v) is 11.7. The number of carboxylic acid groups (broad SMARTS) is 1. The van der Waals surface area contributed by atoms with Crippen molar-refractivity contribution in [1.29, 1.82) is 0 Å². The summed E-state index contributed by atoms with van der Waals surface area (Å²) in [5.41, 5.74) is -1.77. The Hall–Kier alpha value is -4.47. The first-order valence-electron chi connectivity index (χ1n) is 14.0. The molecule has 0 saturated carbocycles. The van der Waals surface area contributed by atoms with Crippen molar-refractivity contribution in [3.8, 4) is 5.75 Å². The van der Waals surface area contributed by atoms with E-state index in [4.69, 9.17) is 10.8 Å². The van der Waals surface area contributed by atoms with Crippen LogP contribution in [-0.2, 0) is 20.0 Å². The molecule has 0 aromatic heterocycles. The van der Waals surface area contributed by atoms with Crippen molar-refractivity contribution < 1.29 is 54.6 Å². The number of Topliss-reactive ketones (excluding diaryl/α,β-unsaturated/α-hetero) is 2. The lowest BCUT2D eigenvalue weighted by molar-refractivity contribution is -0.152. The monoisotopic (exact) mass is 616 g/mol. The molecule has 0 aliphatic heterocycles. The Labute approximate surface area is 251 Å². The fraction of sp³-hybridized carbons (Fsp3) is 0.483. The summed E-state index contributed by atoms with van der Waals surface area (Å²) in [4.78, 5) is 63.9. The van der Waals surface area contributed by atoms with Crippen molar-refractivity contribution in [2.24, 2.45) is 17.6 Å². The molecule has 0 unspecified atom stereocenters. The second-order valence-electron chi connectivity index (χ2n) is 11.7. The van der Waals surface area contributed by atoms with Gasteiger partial charge in [0.2, 0.25) is 5.78 Å². The van der Waals surface area contributed by atoms with Crippen molar-refractivity contribution in [3.63, 3.8) is 0 Å². The van der Waals surface area contributed by atoms with Gasteiger partial charge < -0.3 is 47.0 Å². The second kappa shape index (κ2) is 11.6. The molecule has 0 heterocycles. The standard InChI is InChI=1S/C29H36N4O11/c1-28(43)12-8-9-15(32-27(42)31-10-6-4-5-7-16(34)35)21(36)17(12)22(37)18-13(28)11-14-20(33(2)3)23(38)19(26(30)41)25(40)29(14,44)24(18)39/h8-9,13-14,20,36,38-39,43-44H,4-7,10-11H2,1-3H3,(H2,30,41)(H,34,35)(H2,31,32,42)/t13-,14-,20-,28+,29-/m0/s1. The Kier molecular flexibility index (Phi) is 8.52. The van der Waals surface area contributed by atoms with Gasteiger partial charge in [-0.05, 0) is 51.9 Å². The number of primary amides is 1. The number of aromatic hydroxyl groups is 1. The fourth-order valence-corrected chi connectivity index (χ4v) is 6.60. The predicted molar refractivity (Wildman–Crippen MR) is 153 cm³/mol. The summed E-state index contributed by atoms with van der Waals surface area (Å²) in [6.45, 7) is 1.52. The van der Waals surface area contributed by atoms with Crippen LogP contribution in [0.2, 0.25) is 0 Å². The summed E-state index contributed by atoms with van der Waals surface area (Å²) in [5, 5.41) is 70.5. The quantitative estimate of drug-likeness (QED) is 0.105. The van der Waals surface area contributed by atoms with Crippen LogP contribution < -0.4 is 16.4 Å². The molecule has 238 valence electrons. The highest BCUT2D eigenvalue weighted by Gasteiger charge is 2.65. The van der Waals surface area contributed by atoms with Crippen molar-refractivity contribution in [1.82, 2.24) is 10.2 Å². The number of hydrogen-bond donors (Lipinski definition) is 9. The number of carbonyl (C=O) groups excluding carboxylic acids is 4. The molecule has 15 heteroatoms. The van der Waals surface area contributed by atoms with Crippen molar-refractivity contribution in [2.75, 3.05) is 26.0 Å². The molecule has 44 heavy (non-hydrogen) atoms. The van der Waals surface area contributed by atoms with E-state index < -0.39 is 92.5 Å². The molecular weight excluding hydrogens is 580 g/mol. The summed E-state index contributed by atoms with van der Waals surface area (Å²) in [6, 6.07) is 0.640. The molecule has 3 amide bonds. The minimum Gasteiger partial charge on any atom is -0.510 e. The van der Waals surface area contributed by atoms with Crippen LogP contribution in [0.1, 0.15) is 54.9 Å². The van der Waals surface area contributed by atoms with E-state index in [0.717, 1.165) is 0 Å². The molecule has 4 rings (SSSR count). The smallest absolute Gasteiger partial charge is 0.319 e. The number of unbranched alkanes of at least 4 members (excludes halogenated alkanes) is 2. The maximum atomic E-state index is 13.9. The Morgan fingerprint density at radius 3 is 2.32 bits per heavy atom. The van der Waals surface area contributed by atoms with E-state index in [9.17, 15) is 49.5 Å². The van der Waals surface area contributed by atoms with Gasteiger partial charge in [0.1, 0.15) is 17.1 Å². The number of nitrogens with zero attached hydrogens (tertiary/aromatic N) is 1. The van der Waals surface area contributed by atoms with E-state index in [-0.39, 0.29) is 30.6 Å². The third kappa shape index (κ3) is 5.06. The van der Waals surface area contributed by atoms with Crippen LogP contribution in [0.3, 0.4) is 0 Å². The first-order valence-corrected chi connectivity index (χ1v) is 14.0. The maximum absolute atomic E-state index is 13.9. The molecule has 0 spiro atoms. The number of fused-ring (bicyclic) bond motifs is 3. The number of phenolic OH excluding ortho intramolecular Hbond substituents is 1. The Balaban J connectivity index is 1.71. The highest BCUT2D eigenvalue weighted by Crippen LogP contribution is 2.57.